The molecule has 1 amide bonds. The van der Waals surface area contributed by atoms with Crippen molar-refractivity contribution in [1.29, 1.82) is 0 Å². The minimum Gasteiger partial charge on any atom is -0.497 e. The van der Waals surface area contributed by atoms with Crippen molar-refractivity contribution in [3.63, 3.8) is 0 Å². The van der Waals surface area contributed by atoms with Gasteiger partial charge in [-0.05, 0) is 75.1 Å². The average molecular weight is 606 g/mol. The quantitative estimate of drug-likeness (QED) is 0.349. The molecule has 3 aromatic rings. The normalized spacial score (nSPS) is 19.7. The van der Waals surface area contributed by atoms with Gasteiger partial charge in [0.05, 0.1) is 24.0 Å². The number of benzene rings is 3. The third-order valence-electron chi connectivity index (χ3n) is 9.16. The first kappa shape index (κ1) is 31.0. The van der Waals surface area contributed by atoms with Gasteiger partial charge in [-0.3, -0.25) is 14.6 Å². The van der Waals surface area contributed by atoms with E-state index in [2.05, 4.69) is 23.6 Å². The number of sulfone groups is 1. The molecular formula is C34H43N3O5S. The summed E-state index contributed by atoms with van der Waals surface area (Å²) in [6.07, 6.45) is 1.99. The first-order valence-corrected chi connectivity index (χ1v) is 16.5. The van der Waals surface area contributed by atoms with Gasteiger partial charge in [0.25, 0.3) is 5.91 Å². The van der Waals surface area contributed by atoms with Crippen LogP contribution in [-0.2, 0) is 9.84 Å². The van der Waals surface area contributed by atoms with Crippen molar-refractivity contribution in [2.45, 2.75) is 61.5 Å². The van der Waals surface area contributed by atoms with Crippen molar-refractivity contribution < 1.29 is 22.7 Å². The van der Waals surface area contributed by atoms with Crippen LogP contribution in [0.5, 0.6) is 11.5 Å². The number of hydrogen-bond donors (Lipinski definition) is 0. The molecule has 0 unspecified atom stereocenters. The predicted molar refractivity (Wildman–Crippen MR) is 168 cm³/mol. The summed E-state index contributed by atoms with van der Waals surface area (Å²) in [5.41, 5.74) is 2.93. The van der Waals surface area contributed by atoms with E-state index in [4.69, 9.17) is 9.47 Å². The Balaban J connectivity index is 1.18. The number of piperidine rings is 1. The average Bonchev–Trinajstić information content (AvgIpc) is 3.04. The van der Waals surface area contributed by atoms with Gasteiger partial charge in [0.1, 0.15) is 11.5 Å². The van der Waals surface area contributed by atoms with E-state index in [0.29, 0.717) is 23.6 Å². The number of amides is 1. The van der Waals surface area contributed by atoms with Crippen molar-refractivity contribution in [2.24, 2.45) is 0 Å². The van der Waals surface area contributed by atoms with Crippen LogP contribution >= 0.6 is 0 Å². The molecule has 0 saturated carbocycles. The minimum absolute atomic E-state index is 0.139. The second-order valence-electron chi connectivity index (χ2n) is 11.7. The van der Waals surface area contributed by atoms with Gasteiger partial charge in [-0.1, -0.05) is 30.3 Å². The molecule has 2 aliphatic rings. The van der Waals surface area contributed by atoms with E-state index in [9.17, 15) is 13.2 Å². The molecule has 2 aliphatic heterocycles. The van der Waals surface area contributed by atoms with Crippen LogP contribution in [0.4, 0.5) is 0 Å². The zero-order valence-electron chi connectivity index (χ0n) is 25.8. The summed E-state index contributed by atoms with van der Waals surface area (Å²) in [6, 6.07) is 20.7. The van der Waals surface area contributed by atoms with Crippen LogP contribution in [0.3, 0.4) is 0 Å². The highest BCUT2D eigenvalue weighted by Crippen LogP contribution is 2.32. The molecule has 230 valence electrons. The Morgan fingerprint density at radius 3 is 2.07 bits per heavy atom. The Kier molecular flexibility index (Phi) is 9.44. The summed E-state index contributed by atoms with van der Waals surface area (Å²) in [5, 5.41) is 0. The number of likely N-dealkylation sites (tertiary alicyclic amines) is 1. The zero-order valence-corrected chi connectivity index (χ0v) is 26.6. The zero-order chi connectivity index (χ0) is 30.7. The SMILES string of the molecule is COc1cc(OC)cc(S(=O)(=O)c2ccc([C@H](C)N3CCN(C4CCN(C(=O)c5ccccc5C)CC4)C[C@H]3C)cc2)c1. The Hall–Kier alpha value is -3.40. The molecule has 0 bridgehead atoms. The maximum absolute atomic E-state index is 13.4. The molecule has 2 saturated heterocycles. The Labute approximate surface area is 256 Å². The number of aryl methyl sites for hydroxylation is 1. The number of carbonyl (C=O) groups is 1. The van der Waals surface area contributed by atoms with Crippen LogP contribution in [-0.4, -0.2) is 88.1 Å². The molecule has 9 heteroatoms. The van der Waals surface area contributed by atoms with Gasteiger partial charge in [-0.2, -0.15) is 0 Å². The fourth-order valence-electron chi connectivity index (χ4n) is 6.51. The molecule has 2 heterocycles. The summed E-state index contributed by atoms with van der Waals surface area (Å²) in [6.45, 7) is 10.9. The van der Waals surface area contributed by atoms with Crippen LogP contribution in [0.1, 0.15) is 54.2 Å². The smallest absolute Gasteiger partial charge is 0.254 e. The van der Waals surface area contributed by atoms with E-state index in [-0.39, 0.29) is 21.7 Å². The van der Waals surface area contributed by atoms with Crippen LogP contribution in [0.2, 0.25) is 0 Å². The highest BCUT2D eigenvalue weighted by atomic mass is 32.2. The standard InChI is InChI=1S/C34H43N3O5S/c1-24-8-6-7-9-33(24)34(38)35-16-14-28(15-17-35)36-18-19-37(25(2)23-36)26(3)27-10-12-31(13-11-27)43(39,40)32-21-29(41-4)20-30(22-32)42-5/h6-13,20-22,25-26,28H,14-19,23H2,1-5H3/t25-,26+/m1/s1. The van der Waals surface area contributed by atoms with Crippen LogP contribution < -0.4 is 9.47 Å². The number of piperazine rings is 1. The molecule has 0 N–H and O–H groups in total. The molecule has 5 rings (SSSR count). The number of nitrogens with zero attached hydrogens (tertiary/aromatic N) is 3. The summed E-state index contributed by atoms with van der Waals surface area (Å²) >= 11 is 0. The van der Waals surface area contributed by atoms with Crippen molar-refractivity contribution in [3.05, 3.63) is 83.4 Å². The number of carbonyl (C=O) groups excluding carboxylic acids is 1. The summed E-state index contributed by atoms with van der Waals surface area (Å²) < 4.78 is 37.3. The molecule has 43 heavy (non-hydrogen) atoms. The van der Waals surface area contributed by atoms with Gasteiger partial charge in [0.15, 0.2) is 0 Å². The lowest BCUT2D eigenvalue weighted by molar-refractivity contribution is 0.0135. The van der Waals surface area contributed by atoms with Crippen LogP contribution in [0.15, 0.2) is 76.5 Å². The largest absolute Gasteiger partial charge is 0.497 e. The predicted octanol–water partition coefficient (Wildman–Crippen LogP) is 5.22. The summed E-state index contributed by atoms with van der Waals surface area (Å²) in [7, 11) is -0.733. The lowest BCUT2D eigenvalue weighted by Gasteiger charge is -2.47. The van der Waals surface area contributed by atoms with Crippen molar-refractivity contribution in [1.82, 2.24) is 14.7 Å². The Bertz CT molecular complexity index is 1510. The van der Waals surface area contributed by atoms with E-state index < -0.39 is 9.84 Å². The number of methoxy groups -OCH3 is 2. The summed E-state index contributed by atoms with van der Waals surface area (Å²) in [5.74, 6) is 1.00. The highest BCUT2D eigenvalue weighted by molar-refractivity contribution is 7.91. The highest BCUT2D eigenvalue weighted by Gasteiger charge is 2.34. The molecule has 0 aromatic heterocycles. The van der Waals surface area contributed by atoms with Gasteiger partial charge in [0.2, 0.25) is 9.84 Å². The third kappa shape index (κ3) is 6.59. The minimum atomic E-state index is -3.73. The first-order chi connectivity index (χ1) is 20.6. The van der Waals surface area contributed by atoms with Gasteiger partial charge < -0.3 is 14.4 Å². The molecule has 3 aromatic carbocycles. The van der Waals surface area contributed by atoms with Crippen LogP contribution in [0.25, 0.3) is 0 Å². The molecule has 2 fully saturated rings. The Morgan fingerprint density at radius 2 is 1.49 bits per heavy atom. The molecule has 0 spiro atoms. The second kappa shape index (κ2) is 13.1. The fourth-order valence-corrected chi connectivity index (χ4v) is 7.82. The van der Waals surface area contributed by atoms with Crippen molar-refractivity contribution in [2.75, 3.05) is 46.9 Å². The van der Waals surface area contributed by atoms with Crippen molar-refractivity contribution >= 4 is 15.7 Å². The molecular weight excluding hydrogens is 562 g/mol. The number of ether oxygens (including phenoxy) is 2. The molecule has 8 nitrogen and oxygen atoms in total. The van der Waals surface area contributed by atoms with E-state index in [1.807, 2.05) is 48.2 Å². The first-order valence-electron chi connectivity index (χ1n) is 15.0. The van der Waals surface area contributed by atoms with Gasteiger partial charge in [-0.25, -0.2) is 8.42 Å². The van der Waals surface area contributed by atoms with Crippen molar-refractivity contribution in [3.8, 4) is 11.5 Å². The maximum atomic E-state index is 13.4. The molecule has 2 atom stereocenters. The topological polar surface area (TPSA) is 79.4 Å². The Morgan fingerprint density at radius 1 is 0.860 bits per heavy atom. The lowest BCUT2D eigenvalue weighted by Crippen LogP contribution is -2.57. The molecule has 0 radical (unpaired) electrons. The van der Waals surface area contributed by atoms with E-state index in [0.717, 1.165) is 62.3 Å². The lowest BCUT2D eigenvalue weighted by atomic mass is 9.98. The summed E-state index contributed by atoms with van der Waals surface area (Å²) in [4.78, 5) is 20.6. The molecule has 0 aliphatic carbocycles. The van der Waals surface area contributed by atoms with Gasteiger partial charge >= 0.3 is 0 Å². The van der Waals surface area contributed by atoms with E-state index in [1.165, 1.54) is 26.4 Å². The van der Waals surface area contributed by atoms with E-state index >= 15 is 0 Å². The van der Waals surface area contributed by atoms with Crippen LogP contribution in [0, 0.1) is 6.92 Å². The third-order valence-corrected chi connectivity index (χ3v) is 10.9. The number of rotatable bonds is 8. The number of hydrogen-bond acceptors (Lipinski definition) is 7. The van der Waals surface area contributed by atoms with E-state index in [1.54, 1.807) is 18.2 Å². The monoisotopic (exact) mass is 605 g/mol. The second-order valence-corrected chi connectivity index (χ2v) is 13.7. The maximum Gasteiger partial charge on any atom is 0.254 e. The van der Waals surface area contributed by atoms with Gasteiger partial charge in [-0.15, -0.1) is 0 Å². The fraction of sp³-hybridized carbons (Fsp3) is 0.441. The van der Waals surface area contributed by atoms with Gasteiger partial charge in [0, 0.05) is 62.5 Å².